The van der Waals surface area contributed by atoms with Crippen LogP contribution in [-0.2, 0) is 15.7 Å². The highest BCUT2D eigenvalue weighted by Gasteiger charge is 2.35. The van der Waals surface area contributed by atoms with Gasteiger partial charge >= 0.3 is 12.1 Å². The fraction of sp³-hybridized carbons (Fsp3) is 0.304. The Morgan fingerprint density at radius 1 is 1.12 bits per heavy atom. The molecule has 0 bridgehead atoms. The molecule has 0 radical (unpaired) electrons. The summed E-state index contributed by atoms with van der Waals surface area (Å²) in [5.41, 5.74) is -1.68. The van der Waals surface area contributed by atoms with Crippen LogP contribution in [0.3, 0.4) is 0 Å². The second kappa shape index (κ2) is 9.48. The number of halogens is 5. The van der Waals surface area contributed by atoms with Gasteiger partial charge in [-0.1, -0.05) is 23.2 Å². The smallest absolute Gasteiger partial charge is 0.417 e. The first-order valence-corrected chi connectivity index (χ1v) is 10.9. The van der Waals surface area contributed by atoms with Gasteiger partial charge in [0.05, 0.1) is 39.6 Å². The topological polar surface area (TPSA) is 86.0 Å². The lowest BCUT2D eigenvalue weighted by Gasteiger charge is -2.31. The molecule has 1 aliphatic carbocycles. The number of aliphatic carboxylic acids is 1. The summed E-state index contributed by atoms with van der Waals surface area (Å²) in [5.74, 6) is -0.869. The Morgan fingerprint density at radius 2 is 1.85 bits per heavy atom. The minimum atomic E-state index is -4.71. The van der Waals surface area contributed by atoms with Gasteiger partial charge in [-0.15, -0.1) is 0 Å². The van der Waals surface area contributed by atoms with Gasteiger partial charge in [0.1, 0.15) is 18.1 Å². The Hall–Kier alpha value is -2.75. The van der Waals surface area contributed by atoms with Crippen LogP contribution in [0, 0.1) is 5.92 Å². The van der Waals surface area contributed by atoms with Crippen molar-refractivity contribution in [2.45, 2.75) is 25.1 Å². The third-order valence-corrected chi connectivity index (χ3v) is 6.17. The number of ether oxygens (including phenoxy) is 2. The zero-order valence-corrected chi connectivity index (χ0v) is 18.8. The number of carboxylic acid groups (broad SMARTS) is 1. The number of rotatable bonds is 7. The molecule has 1 heterocycles. The molecule has 0 saturated heterocycles. The molecule has 0 spiro atoms. The van der Waals surface area contributed by atoms with Crippen molar-refractivity contribution in [3.63, 3.8) is 0 Å². The van der Waals surface area contributed by atoms with E-state index in [2.05, 4.69) is 0 Å². The molecule has 180 valence electrons. The van der Waals surface area contributed by atoms with Crippen LogP contribution in [0.25, 0.3) is 22.3 Å². The van der Waals surface area contributed by atoms with E-state index in [1.807, 2.05) is 0 Å². The predicted molar refractivity (Wildman–Crippen MR) is 119 cm³/mol. The largest absolute Gasteiger partial charge is 0.490 e. The SMILES string of the molecule is O=c1cc(-c2ccc(OCCO[C@H]3C[C@@H](C(=O)O)C3)c(Cl)c2)oc2c(Cl)c(C(F)(F)F)ccc12. The summed E-state index contributed by atoms with van der Waals surface area (Å²) in [6, 6.07) is 7.43. The molecule has 11 heteroatoms. The van der Waals surface area contributed by atoms with Gasteiger partial charge < -0.3 is 19.0 Å². The van der Waals surface area contributed by atoms with Crippen molar-refractivity contribution in [2.75, 3.05) is 13.2 Å². The van der Waals surface area contributed by atoms with Crippen molar-refractivity contribution in [3.05, 3.63) is 62.2 Å². The van der Waals surface area contributed by atoms with E-state index in [1.54, 1.807) is 0 Å². The summed E-state index contributed by atoms with van der Waals surface area (Å²) in [5, 5.41) is 8.27. The molecule has 0 aliphatic heterocycles. The van der Waals surface area contributed by atoms with Crippen molar-refractivity contribution >= 4 is 40.1 Å². The second-order valence-electron chi connectivity index (χ2n) is 7.77. The number of fused-ring (bicyclic) bond motifs is 1. The van der Waals surface area contributed by atoms with Crippen molar-refractivity contribution in [1.82, 2.24) is 0 Å². The summed E-state index contributed by atoms with van der Waals surface area (Å²) in [7, 11) is 0. The third-order valence-electron chi connectivity index (χ3n) is 5.50. The number of carboxylic acids is 1. The fourth-order valence-electron chi connectivity index (χ4n) is 3.59. The lowest BCUT2D eigenvalue weighted by molar-refractivity contribution is -0.151. The zero-order chi connectivity index (χ0) is 24.6. The maximum Gasteiger partial charge on any atom is 0.417 e. The molecule has 1 aliphatic rings. The average Bonchev–Trinajstić information content (AvgIpc) is 2.72. The van der Waals surface area contributed by atoms with Crippen molar-refractivity contribution in [1.29, 1.82) is 0 Å². The molecule has 0 unspecified atom stereocenters. The Morgan fingerprint density at radius 3 is 2.50 bits per heavy atom. The maximum atomic E-state index is 13.2. The van der Waals surface area contributed by atoms with Crippen LogP contribution in [0.4, 0.5) is 13.2 Å². The molecule has 1 saturated carbocycles. The van der Waals surface area contributed by atoms with Crippen molar-refractivity contribution < 1.29 is 37.0 Å². The van der Waals surface area contributed by atoms with Gasteiger partial charge in [0, 0.05) is 11.6 Å². The fourth-order valence-corrected chi connectivity index (χ4v) is 4.13. The maximum absolute atomic E-state index is 13.2. The average molecular weight is 517 g/mol. The van der Waals surface area contributed by atoms with Crippen LogP contribution in [0.2, 0.25) is 10.0 Å². The van der Waals surface area contributed by atoms with Gasteiger partial charge in [0.25, 0.3) is 0 Å². The first-order chi connectivity index (χ1) is 16.0. The van der Waals surface area contributed by atoms with E-state index in [9.17, 15) is 22.8 Å². The molecule has 3 aromatic rings. The van der Waals surface area contributed by atoms with Crippen LogP contribution in [0.15, 0.2) is 45.6 Å². The molecule has 4 rings (SSSR count). The van der Waals surface area contributed by atoms with E-state index >= 15 is 0 Å². The van der Waals surface area contributed by atoms with Gasteiger partial charge in [-0.05, 0) is 43.2 Å². The van der Waals surface area contributed by atoms with E-state index in [-0.39, 0.29) is 47.0 Å². The lowest BCUT2D eigenvalue weighted by atomic mass is 9.82. The number of alkyl halides is 3. The Labute approximate surface area is 200 Å². The summed E-state index contributed by atoms with van der Waals surface area (Å²) in [6.45, 7) is 0.420. The quantitative estimate of drug-likeness (QED) is 0.385. The molecule has 0 amide bonds. The summed E-state index contributed by atoms with van der Waals surface area (Å²) >= 11 is 12.2. The highest BCUT2D eigenvalue weighted by atomic mass is 35.5. The molecule has 1 aromatic heterocycles. The molecule has 1 N–H and O–H groups in total. The van der Waals surface area contributed by atoms with Crippen molar-refractivity contribution in [2.24, 2.45) is 5.92 Å². The standard InChI is InChI=1S/C23H17Cl2F3O6/c24-16-9-11(1-4-18(16)33-6-5-32-13-7-12(8-13)22(30)31)19-10-17(29)14-2-3-15(23(26,27)28)20(25)21(14)34-19/h1-4,9-10,12-13H,5-8H2,(H,30,31)/t12-,13+. The van der Waals surface area contributed by atoms with Gasteiger partial charge in [-0.2, -0.15) is 13.2 Å². The summed E-state index contributed by atoms with van der Waals surface area (Å²) < 4.78 is 56.2. The first-order valence-electron chi connectivity index (χ1n) is 10.1. The summed E-state index contributed by atoms with van der Waals surface area (Å²) in [6.07, 6.45) is -3.88. The van der Waals surface area contributed by atoms with Crippen LogP contribution in [-0.4, -0.2) is 30.4 Å². The highest BCUT2D eigenvalue weighted by Crippen LogP contribution is 2.39. The second-order valence-corrected chi connectivity index (χ2v) is 8.55. The molecule has 0 atom stereocenters. The van der Waals surface area contributed by atoms with E-state index in [4.69, 9.17) is 42.2 Å². The van der Waals surface area contributed by atoms with Gasteiger partial charge in [0.2, 0.25) is 0 Å². The molecule has 2 aromatic carbocycles. The van der Waals surface area contributed by atoms with Gasteiger partial charge in [0.15, 0.2) is 11.0 Å². The highest BCUT2D eigenvalue weighted by molar-refractivity contribution is 6.35. The van der Waals surface area contributed by atoms with Gasteiger partial charge in [-0.25, -0.2) is 0 Å². The number of carbonyl (C=O) groups is 1. The molecule has 1 fully saturated rings. The van der Waals surface area contributed by atoms with Crippen LogP contribution < -0.4 is 10.2 Å². The van der Waals surface area contributed by atoms with Crippen LogP contribution in [0.1, 0.15) is 18.4 Å². The third kappa shape index (κ3) is 5.01. The Bertz CT molecular complexity index is 1300. The molecule has 34 heavy (non-hydrogen) atoms. The van der Waals surface area contributed by atoms with E-state index < -0.39 is 28.2 Å². The van der Waals surface area contributed by atoms with Gasteiger partial charge in [-0.3, -0.25) is 9.59 Å². The number of hydrogen-bond acceptors (Lipinski definition) is 5. The minimum absolute atomic E-state index is 0.00604. The monoisotopic (exact) mass is 516 g/mol. The van der Waals surface area contributed by atoms with Crippen LogP contribution in [0.5, 0.6) is 5.75 Å². The molecular formula is C23H17Cl2F3O6. The first kappa shape index (κ1) is 24.4. The van der Waals surface area contributed by atoms with Crippen molar-refractivity contribution in [3.8, 4) is 17.1 Å². The Balaban J connectivity index is 1.48. The molecule has 6 nitrogen and oxygen atoms in total. The van der Waals surface area contributed by atoms with Crippen LogP contribution >= 0.6 is 23.2 Å². The molecular weight excluding hydrogens is 500 g/mol. The van der Waals surface area contributed by atoms with E-state index in [1.165, 1.54) is 18.2 Å². The van der Waals surface area contributed by atoms with E-state index in [0.29, 0.717) is 24.2 Å². The van der Waals surface area contributed by atoms with E-state index in [0.717, 1.165) is 18.2 Å². The lowest BCUT2D eigenvalue weighted by Crippen LogP contribution is -2.37. The zero-order valence-electron chi connectivity index (χ0n) is 17.3. The summed E-state index contributed by atoms with van der Waals surface area (Å²) in [4.78, 5) is 23.2. The number of benzene rings is 2. The Kier molecular flexibility index (Phi) is 6.80. The predicted octanol–water partition coefficient (Wildman–Crippen LogP) is 6.04. The minimum Gasteiger partial charge on any atom is -0.490 e. The normalized spacial score (nSPS) is 18.0. The number of hydrogen-bond donors (Lipinski definition) is 1.